The molecule has 1 unspecified atom stereocenters. The summed E-state index contributed by atoms with van der Waals surface area (Å²) < 4.78 is 27.4. The van der Waals surface area contributed by atoms with E-state index in [0.717, 1.165) is 18.9 Å². The molecule has 6 heteroatoms. The Morgan fingerprint density at radius 1 is 1.29 bits per heavy atom. The summed E-state index contributed by atoms with van der Waals surface area (Å²) in [5.41, 5.74) is -1.14. The number of benzene rings is 1. The van der Waals surface area contributed by atoms with Gasteiger partial charge in [0.15, 0.2) is 11.6 Å². The number of carbonyl (C=O) groups is 2. The summed E-state index contributed by atoms with van der Waals surface area (Å²) in [6, 6.07) is 3.72. The molecule has 2 fully saturated rings. The molecule has 112 valence electrons. The van der Waals surface area contributed by atoms with Gasteiger partial charge in [-0.25, -0.2) is 8.78 Å². The molecule has 0 radical (unpaired) electrons. The molecule has 0 bridgehead atoms. The molecule has 1 heterocycles. The van der Waals surface area contributed by atoms with Crippen LogP contribution in [0.1, 0.15) is 26.2 Å². The lowest BCUT2D eigenvalue weighted by atomic mass is 9.94. The maximum atomic E-state index is 14.0. The van der Waals surface area contributed by atoms with Crippen LogP contribution in [0.2, 0.25) is 0 Å². The Labute approximate surface area is 121 Å². The minimum absolute atomic E-state index is 0.0490. The van der Waals surface area contributed by atoms with Crippen LogP contribution in [0.15, 0.2) is 18.2 Å². The first-order valence-electron chi connectivity index (χ1n) is 7.00. The van der Waals surface area contributed by atoms with E-state index in [-0.39, 0.29) is 36.4 Å². The quantitative estimate of drug-likeness (QED) is 0.907. The lowest BCUT2D eigenvalue weighted by molar-refractivity contribution is -0.130. The van der Waals surface area contributed by atoms with E-state index in [9.17, 15) is 18.4 Å². The van der Waals surface area contributed by atoms with Gasteiger partial charge in [0.2, 0.25) is 5.91 Å². The Balaban J connectivity index is 2.03. The molecule has 1 saturated carbocycles. The number of rotatable bonds is 2. The van der Waals surface area contributed by atoms with Gasteiger partial charge in [0, 0.05) is 13.0 Å². The van der Waals surface area contributed by atoms with Crippen LogP contribution < -0.4 is 10.2 Å². The van der Waals surface area contributed by atoms with Crippen LogP contribution in [-0.4, -0.2) is 23.9 Å². The van der Waals surface area contributed by atoms with Crippen molar-refractivity contribution in [1.82, 2.24) is 5.32 Å². The largest absolute Gasteiger partial charge is 0.342 e. The van der Waals surface area contributed by atoms with Crippen LogP contribution in [0.25, 0.3) is 0 Å². The maximum absolute atomic E-state index is 14.0. The van der Waals surface area contributed by atoms with Gasteiger partial charge in [0.05, 0.1) is 5.69 Å². The predicted molar refractivity (Wildman–Crippen MR) is 72.6 cm³/mol. The number of hydrogen-bond acceptors (Lipinski definition) is 2. The Bertz CT molecular complexity index is 616. The Morgan fingerprint density at radius 3 is 2.67 bits per heavy atom. The third-order valence-corrected chi connectivity index (χ3v) is 4.27. The lowest BCUT2D eigenvalue weighted by Gasteiger charge is -2.32. The van der Waals surface area contributed by atoms with Gasteiger partial charge in [-0.2, -0.15) is 0 Å². The van der Waals surface area contributed by atoms with Crippen molar-refractivity contribution in [3.63, 3.8) is 0 Å². The van der Waals surface area contributed by atoms with Crippen molar-refractivity contribution >= 4 is 17.5 Å². The van der Waals surface area contributed by atoms with Crippen molar-refractivity contribution in [2.75, 3.05) is 11.4 Å². The first-order valence-corrected chi connectivity index (χ1v) is 7.00. The highest BCUT2D eigenvalue weighted by Gasteiger charge is 2.51. The van der Waals surface area contributed by atoms with E-state index >= 15 is 0 Å². The Hall–Kier alpha value is -1.98. The fourth-order valence-corrected chi connectivity index (χ4v) is 2.87. The third kappa shape index (κ3) is 2.28. The van der Waals surface area contributed by atoms with E-state index in [1.807, 2.05) is 0 Å². The fourth-order valence-electron chi connectivity index (χ4n) is 2.87. The van der Waals surface area contributed by atoms with E-state index in [1.165, 1.54) is 17.0 Å². The second-order valence-corrected chi connectivity index (χ2v) is 5.80. The highest BCUT2D eigenvalue weighted by molar-refractivity contribution is 6.04. The number of carbonyl (C=O) groups excluding carboxylic acids is 2. The number of nitrogens with one attached hydrogen (secondary N) is 1. The normalized spacial score (nSPS) is 26.5. The van der Waals surface area contributed by atoms with Crippen LogP contribution in [0.5, 0.6) is 0 Å². The topological polar surface area (TPSA) is 49.4 Å². The average Bonchev–Trinajstić information content (AvgIpc) is 3.27. The summed E-state index contributed by atoms with van der Waals surface area (Å²) in [4.78, 5) is 25.8. The molecule has 1 aromatic carbocycles. The summed E-state index contributed by atoms with van der Waals surface area (Å²) >= 11 is 0. The molecule has 0 spiro atoms. The summed E-state index contributed by atoms with van der Waals surface area (Å²) in [6.45, 7) is 1.72. The highest BCUT2D eigenvalue weighted by atomic mass is 19.2. The monoisotopic (exact) mass is 294 g/mol. The number of hydrogen-bond donors (Lipinski definition) is 1. The summed E-state index contributed by atoms with van der Waals surface area (Å²) in [5, 5.41) is 2.75. The van der Waals surface area contributed by atoms with Gasteiger partial charge < -0.3 is 10.2 Å². The Kier molecular flexibility index (Phi) is 3.19. The summed E-state index contributed by atoms with van der Waals surface area (Å²) in [5.74, 6) is -2.61. The minimum atomic E-state index is -1.06. The third-order valence-electron chi connectivity index (χ3n) is 4.27. The van der Waals surface area contributed by atoms with Crippen LogP contribution >= 0.6 is 0 Å². The zero-order valence-corrected chi connectivity index (χ0v) is 11.7. The molecular weight excluding hydrogens is 278 g/mol. The maximum Gasteiger partial charge on any atom is 0.252 e. The molecule has 1 aliphatic heterocycles. The van der Waals surface area contributed by atoms with Crippen molar-refractivity contribution in [1.29, 1.82) is 0 Å². The molecule has 0 aromatic heterocycles. The molecule has 2 amide bonds. The van der Waals surface area contributed by atoms with Crippen LogP contribution in [0.4, 0.5) is 14.5 Å². The van der Waals surface area contributed by atoms with Gasteiger partial charge in [-0.1, -0.05) is 6.07 Å². The van der Waals surface area contributed by atoms with Crippen molar-refractivity contribution in [2.24, 2.45) is 5.92 Å². The molecule has 2 aliphatic rings. The zero-order valence-electron chi connectivity index (χ0n) is 11.7. The minimum Gasteiger partial charge on any atom is -0.342 e. The molecular formula is C15H16F2N2O2. The summed E-state index contributed by atoms with van der Waals surface area (Å²) in [7, 11) is 0. The number of halogens is 2. The van der Waals surface area contributed by atoms with E-state index < -0.39 is 17.2 Å². The van der Waals surface area contributed by atoms with E-state index in [0.29, 0.717) is 0 Å². The second kappa shape index (κ2) is 4.79. The predicted octanol–water partition coefficient (Wildman–Crippen LogP) is 1.99. The molecule has 1 atom stereocenters. The van der Waals surface area contributed by atoms with Gasteiger partial charge in [0.25, 0.3) is 5.91 Å². The highest BCUT2D eigenvalue weighted by Crippen LogP contribution is 2.42. The van der Waals surface area contributed by atoms with E-state index in [1.54, 1.807) is 6.92 Å². The van der Waals surface area contributed by atoms with Crippen molar-refractivity contribution in [3.8, 4) is 0 Å². The van der Waals surface area contributed by atoms with Crippen molar-refractivity contribution in [3.05, 3.63) is 29.8 Å². The van der Waals surface area contributed by atoms with Gasteiger partial charge in [-0.15, -0.1) is 0 Å². The molecule has 1 aromatic rings. The number of anilines is 1. The fraction of sp³-hybridized carbons (Fsp3) is 0.467. The molecule has 1 aliphatic carbocycles. The zero-order chi connectivity index (χ0) is 15.2. The van der Waals surface area contributed by atoms with Crippen molar-refractivity contribution in [2.45, 2.75) is 31.7 Å². The van der Waals surface area contributed by atoms with Crippen LogP contribution in [0, 0.1) is 17.6 Å². The van der Waals surface area contributed by atoms with Gasteiger partial charge in [0.1, 0.15) is 5.54 Å². The molecule has 4 nitrogen and oxygen atoms in total. The number of nitrogens with zero attached hydrogens (tertiary/aromatic N) is 1. The first-order chi connectivity index (χ1) is 9.93. The standard InChI is InChI=1S/C15H16F2N2O2/c1-15(9-5-6-9)14(21)19(8-7-12(20)18-15)11-4-2-3-10(16)13(11)17/h2-4,9H,5-8H2,1H3,(H,18,20). The van der Waals surface area contributed by atoms with Crippen LogP contribution in [-0.2, 0) is 9.59 Å². The van der Waals surface area contributed by atoms with Crippen LogP contribution in [0.3, 0.4) is 0 Å². The molecule has 1 saturated heterocycles. The van der Waals surface area contributed by atoms with E-state index in [4.69, 9.17) is 0 Å². The van der Waals surface area contributed by atoms with E-state index in [2.05, 4.69) is 5.32 Å². The SMILES string of the molecule is CC1(C2CC2)NC(=O)CCN(c2cccc(F)c2F)C1=O. The Morgan fingerprint density at radius 2 is 2.00 bits per heavy atom. The average molecular weight is 294 g/mol. The van der Waals surface area contributed by atoms with Gasteiger partial charge in [-0.3, -0.25) is 9.59 Å². The number of amides is 2. The van der Waals surface area contributed by atoms with Crippen molar-refractivity contribution < 1.29 is 18.4 Å². The van der Waals surface area contributed by atoms with Gasteiger partial charge >= 0.3 is 0 Å². The smallest absolute Gasteiger partial charge is 0.252 e. The van der Waals surface area contributed by atoms with Gasteiger partial charge in [-0.05, 0) is 37.8 Å². The molecule has 21 heavy (non-hydrogen) atoms. The first kappa shape index (κ1) is 14.0. The lowest BCUT2D eigenvalue weighted by Crippen LogP contribution is -2.57. The molecule has 3 rings (SSSR count). The second-order valence-electron chi connectivity index (χ2n) is 5.80. The molecule has 1 N–H and O–H groups in total. The summed E-state index contributed by atoms with van der Waals surface area (Å²) in [6.07, 6.45) is 1.77.